The zero-order valence-corrected chi connectivity index (χ0v) is 14.9. The van der Waals surface area contributed by atoms with Crippen LogP contribution in [-0.4, -0.2) is 41.4 Å². The van der Waals surface area contributed by atoms with Crippen LogP contribution in [0.25, 0.3) is 0 Å². The van der Waals surface area contributed by atoms with Gasteiger partial charge in [-0.25, -0.2) is 0 Å². The average molecular weight is 367 g/mol. The highest BCUT2D eigenvalue weighted by atomic mass is 127. The molecule has 0 saturated heterocycles. The summed E-state index contributed by atoms with van der Waals surface area (Å²) in [4.78, 5) is 0. The van der Waals surface area contributed by atoms with E-state index < -0.39 is 5.60 Å². The lowest BCUT2D eigenvalue weighted by Gasteiger charge is -2.35. The van der Waals surface area contributed by atoms with Crippen LogP contribution in [-0.2, 0) is 0 Å². The van der Waals surface area contributed by atoms with Crippen molar-refractivity contribution in [3.05, 3.63) is 0 Å². The van der Waals surface area contributed by atoms with E-state index in [0.717, 1.165) is 12.8 Å². The molecule has 0 aliphatic carbocycles. The maximum Gasteiger partial charge on any atom is 0.122 e. The summed E-state index contributed by atoms with van der Waals surface area (Å²) in [5, 5.41) is 9.74. The zero-order valence-electron chi connectivity index (χ0n) is 12.7. The Morgan fingerprint density at radius 3 is 1.94 bits per heavy atom. The van der Waals surface area contributed by atoms with Crippen LogP contribution in [0.15, 0.2) is 0 Å². The number of rotatable bonds is 7. The van der Waals surface area contributed by atoms with Crippen molar-refractivity contribution in [3.8, 4) is 11.8 Å². The second kappa shape index (κ2) is 10.1. The van der Waals surface area contributed by atoms with Crippen LogP contribution in [0.2, 0.25) is 0 Å². The molecule has 0 fully saturated rings. The third kappa shape index (κ3) is 7.60. The van der Waals surface area contributed by atoms with Gasteiger partial charge in [-0.1, -0.05) is 12.8 Å². The highest BCUT2D eigenvalue weighted by Crippen LogP contribution is 2.09. The minimum Gasteiger partial charge on any atom is -1.00 e. The highest BCUT2D eigenvalue weighted by Gasteiger charge is 2.19. The first kappa shape index (κ1) is 20.5. The van der Waals surface area contributed by atoms with Crippen molar-refractivity contribution in [1.82, 2.24) is 0 Å². The normalized spacial score (nSPS) is 14.1. The van der Waals surface area contributed by atoms with Gasteiger partial charge in [0.15, 0.2) is 0 Å². The molecule has 18 heavy (non-hydrogen) atoms. The Hall–Kier alpha value is 0.210. The van der Waals surface area contributed by atoms with Crippen LogP contribution in [0, 0.1) is 11.8 Å². The summed E-state index contributed by atoms with van der Waals surface area (Å²) >= 11 is 0. The highest BCUT2D eigenvalue weighted by molar-refractivity contribution is 5.11. The predicted octanol–water partition coefficient (Wildman–Crippen LogP) is -0.188. The second-order valence-electron chi connectivity index (χ2n) is 5.05. The van der Waals surface area contributed by atoms with E-state index in [2.05, 4.69) is 32.6 Å². The maximum absolute atomic E-state index is 9.74. The molecule has 1 unspecified atom stereocenters. The Morgan fingerprint density at radius 2 is 1.56 bits per heavy atom. The molecule has 0 aliphatic rings. The first-order chi connectivity index (χ1) is 7.95. The molecule has 1 atom stereocenters. The Labute approximate surface area is 131 Å². The first-order valence-corrected chi connectivity index (χ1v) is 7.02. The summed E-state index contributed by atoms with van der Waals surface area (Å²) in [7, 11) is 0. The SMILES string of the molecule is CCC(C)(O)C#CCCC[N+](CC)(CC)CC.[I-]. The molecule has 0 bridgehead atoms. The minimum absolute atomic E-state index is 0. The van der Waals surface area contributed by atoms with Crippen LogP contribution in [0.4, 0.5) is 0 Å². The molecule has 0 aromatic heterocycles. The van der Waals surface area contributed by atoms with Gasteiger partial charge in [0, 0.05) is 12.8 Å². The molecule has 0 aromatic carbocycles. The molecule has 0 saturated carbocycles. The Morgan fingerprint density at radius 1 is 1.06 bits per heavy atom. The van der Waals surface area contributed by atoms with Crippen molar-refractivity contribution in [2.45, 2.75) is 59.5 Å². The van der Waals surface area contributed by atoms with Crippen LogP contribution < -0.4 is 24.0 Å². The first-order valence-electron chi connectivity index (χ1n) is 7.02. The van der Waals surface area contributed by atoms with E-state index in [0.29, 0.717) is 6.42 Å². The van der Waals surface area contributed by atoms with Crippen molar-refractivity contribution in [1.29, 1.82) is 0 Å². The van der Waals surface area contributed by atoms with Gasteiger partial charge >= 0.3 is 0 Å². The van der Waals surface area contributed by atoms with Gasteiger partial charge in [0.1, 0.15) is 5.60 Å². The van der Waals surface area contributed by atoms with Gasteiger partial charge in [0.05, 0.1) is 26.2 Å². The van der Waals surface area contributed by atoms with Crippen molar-refractivity contribution in [2.75, 3.05) is 26.2 Å². The number of hydrogen-bond donors (Lipinski definition) is 1. The van der Waals surface area contributed by atoms with E-state index in [1.165, 1.54) is 30.7 Å². The van der Waals surface area contributed by atoms with Crippen LogP contribution in [0.1, 0.15) is 53.9 Å². The summed E-state index contributed by atoms with van der Waals surface area (Å²) in [6.45, 7) is 15.3. The summed E-state index contributed by atoms with van der Waals surface area (Å²) in [6.07, 6.45) is 2.72. The third-order valence-electron chi connectivity index (χ3n) is 3.99. The van der Waals surface area contributed by atoms with Crippen LogP contribution in [0.3, 0.4) is 0 Å². The number of aliphatic hydroxyl groups is 1. The quantitative estimate of drug-likeness (QED) is 0.286. The molecule has 0 aliphatic heterocycles. The monoisotopic (exact) mass is 367 g/mol. The fourth-order valence-electron chi connectivity index (χ4n) is 1.99. The van der Waals surface area contributed by atoms with Gasteiger partial charge in [-0.05, 0) is 34.1 Å². The van der Waals surface area contributed by atoms with Crippen molar-refractivity contribution >= 4 is 0 Å². The number of quaternary nitrogens is 1. The summed E-state index contributed by atoms with van der Waals surface area (Å²) in [5.74, 6) is 6.06. The van der Waals surface area contributed by atoms with E-state index in [1.54, 1.807) is 6.92 Å². The number of halogens is 1. The molecule has 3 heteroatoms. The topological polar surface area (TPSA) is 20.2 Å². The van der Waals surface area contributed by atoms with E-state index in [-0.39, 0.29) is 24.0 Å². The molecule has 0 amide bonds. The summed E-state index contributed by atoms with van der Waals surface area (Å²) in [6, 6.07) is 0. The molecule has 1 N–H and O–H groups in total. The van der Waals surface area contributed by atoms with Gasteiger partial charge in [-0.2, -0.15) is 0 Å². The average Bonchev–Trinajstić information content (AvgIpc) is 2.34. The smallest absolute Gasteiger partial charge is 0.122 e. The Kier molecular flexibility index (Phi) is 11.5. The molecule has 2 nitrogen and oxygen atoms in total. The van der Waals surface area contributed by atoms with Gasteiger partial charge in [-0.3, -0.25) is 0 Å². The van der Waals surface area contributed by atoms with E-state index in [1.807, 2.05) is 6.92 Å². The summed E-state index contributed by atoms with van der Waals surface area (Å²) < 4.78 is 1.19. The fraction of sp³-hybridized carbons (Fsp3) is 0.867. The van der Waals surface area contributed by atoms with Gasteiger partial charge < -0.3 is 33.6 Å². The number of hydrogen-bond acceptors (Lipinski definition) is 1. The lowest BCUT2D eigenvalue weighted by atomic mass is 10.0. The van der Waals surface area contributed by atoms with Gasteiger partial charge in [0.25, 0.3) is 0 Å². The molecule has 0 spiro atoms. The lowest BCUT2D eigenvalue weighted by molar-refractivity contribution is -0.923. The third-order valence-corrected chi connectivity index (χ3v) is 3.99. The second-order valence-corrected chi connectivity index (χ2v) is 5.05. The molecule has 0 aromatic rings. The fourth-order valence-corrected chi connectivity index (χ4v) is 1.99. The molecule has 0 radical (unpaired) electrons. The molecular weight excluding hydrogens is 337 g/mol. The minimum atomic E-state index is -0.799. The maximum atomic E-state index is 9.74. The molecule has 0 heterocycles. The standard InChI is InChI=1S/C15H30NO.HI/c1-6-15(5,17)13-11-10-12-14-16(7-2,8-3)9-4;/h17H,6-10,12,14H2,1-5H3;1H/q+1;/p-1. The van der Waals surface area contributed by atoms with E-state index in [4.69, 9.17) is 0 Å². The van der Waals surface area contributed by atoms with Gasteiger partial charge in [-0.15, -0.1) is 5.92 Å². The van der Waals surface area contributed by atoms with Crippen LogP contribution in [0.5, 0.6) is 0 Å². The predicted molar refractivity (Wildman–Crippen MR) is 74.7 cm³/mol. The largest absolute Gasteiger partial charge is 1.00 e. The summed E-state index contributed by atoms with van der Waals surface area (Å²) in [5.41, 5.74) is -0.799. The lowest BCUT2D eigenvalue weighted by Crippen LogP contribution is -3.00. The van der Waals surface area contributed by atoms with E-state index in [9.17, 15) is 5.11 Å². The molecule has 0 rings (SSSR count). The van der Waals surface area contributed by atoms with Crippen molar-refractivity contribution in [3.63, 3.8) is 0 Å². The molecule has 108 valence electrons. The Balaban J connectivity index is 0. The molecular formula is C15H30INO. The van der Waals surface area contributed by atoms with Gasteiger partial charge in [0.2, 0.25) is 0 Å². The van der Waals surface area contributed by atoms with Crippen molar-refractivity contribution < 1.29 is 33.6 Å². The Bertz CT molecular complexity index is 253. The van der Waals surface area contributed by atoms with E-state index >= 15 is 0 Å². The number of unbranched alkanes of at least 4 members (excludes halogenated alkanes) is 1. The van der Waals surface area contributed by atoms with Crippen molar-refractivity contribution in [2.24, 2.45) is 0 Å². The number of nitrogens with zero attached hydrogens (tertiary/aromatic N) is 1. The van der Waals surface area contributed by atoms with Crippen LogP contribution >= 0.6 is 0 Å². The zero-order chi connectivity index (χ0) is 13.4.